The van der Waals surface area contributed by atoms with Crippen molar-refractivity contribution in [2.45, 2.75) is 18.2 Å². The van der Waals surface area contributed by atoms with E-state index in [0.717, 1.165) is 11.3 Å². The molecule has 0 spiro atoms. The lowest BCUT2D eigenvalue weighted by atomic mass is 9.89. The summed E-state index contributed by atoms with van der Waals surface area (Å²) in [4.78, 5) is 7.91. The molecule has 0 amide bonds. The van der Waals surface area contributed by atoms with Crippen molar-refractivity contribution >= 4 is 33.2 Å². The molecule has 0 bridgehead atoms. The lowest BCUT2D eigenvalue weighted by Gasteiger charge is -2.35. The van der Waals surface area contributed by atoms with E-state index < -0.39 is 0 Å². The average Bonchev–Trinajstić information content (AvgIpc) is 3.79. The Balaban J connectivity index is 0.984. The summed E-state index contributed by atoms with van der Waals surface area (Å²) in [6.07, 6.45) is 12.9. The highest BCUT2D eigenvalue weighted by atomic mass is 15.4. The number of aromatic nitrogens is 1. The Labute approximate surface area is 326 Å². The van der Waals surface area contributed by atoms with Gasteiger partial charge in [0.1, 0.15) is 0 Å². The van der Waals surface area contributed by atoms with Crippen LogP contribution in [0, 0.1) is 0 Å². The average molecular weight is 719 g/mol. The highest BCUT2D eigenvalue weighted by molar-refractivity contribution is 6.11. The molecule has 3 heterocycles. The number of hydrogen-bond acceptors (Lipinski definition) is 3. The van der Waals surface area contributed by atoms with Gasteiger partial charge in [-0.25, -0.2) is 4.99 Å². The van der Waals surface area contributed by atoms with E-state index in [-0.39, 0.29) is 18.2 Å². The Morgan fingerprint density at radius 1 is 0.482 bits per heavy atom. The molecule has 0 saturated heterocycles. The van der Waals surface area contributed by atoms with Crippen LogP contribution in [0.2, 0.25) is 0 Å². The minimum atomic E-state index is -0.272. The monoisotopic (exact) mass is 718 g/mol. The number of hydrogen-bond donors (Lipinski definition) is 1. The molecule has 1 aliphatic carbocycles. The van der Waals surface area contributed by atoms with Gasteiger partial charge in [-0.3, -0.25) is 0 Å². The number of fused-ring (bicyclic) bond motifs is 6. The largest absolute Gasteiger partial charge is 0.353 e. The minimum Gasteiger partial charge on any atom is -0.353 e. The second-order valence-electron chi connectivity index (χ2n) is 14.8. The van der Waals surface area contributed by atoms with Gasteiger partial charge in [0.15, 0.2) is 6.29 Å². The number of aliphatic imine (C=N–C) groups is 1. The van der Waals surface area contributed by atoms with Crippen molar-refractivity contribution in [3.63, 3.8) is 0 Å². The van der Waals surface area contributed by atoms with Crippen LogP contribution < -0.4 is 10.2 Å². The fourth-order valence-electron chi connectivity index (χ4n) is 8.96. The number of para-hydroxylation sites is 2. The van der Waals surface area contributed by atoms with Gasteiger partial charge < -0.3 is 14.8 Å². The molecule has 3 unspecified atom stereocenters. The smallest absolute Gasteiger partial charge is 0.197 e. The zero-order valence-corrected chi connectivity index (χ0v) is 30.7. The molecule has 11 rings (SSSR count). The Morgan fingerprint density at radius 2 is 1.11 bits per heavy atom. The molecular formula is C52H38N4. The molecule has 0 fully saturated rings. The third-order valence-electron chi connectivity index (χ3n) is 11.6. The predicted octanol–water partition coefficient (Wildman–Crippen LogP) is 12.1. The summed E-state index contributed by atoms with van der Waals surface area (Å²) in [5.74, 6) is 0.219. The van der Waals surface area contributed by atoms with E-state index in [2.05, 4.69) is 221 Å². The van der Waals surface area contributed by atoms with Gasteiger partial charge in [0, 0.05) is 39.8 Å². The van der Waals surface area contributed by atoms with Crippen LogP contribution in [0.25, 0.3) is 60.9 Å². The third kappa shape index (κ3) is 5.41. The zero-order chi connectivity index (χ0) is 37.0. The molecule has 56 heavy (non-hydrogen) atoms. The lowest BCUT2D eigenvalue weighted by Crippen LogP contribution is -2.48. The van der Waals surface area contributed by atoms with Crippen LogP contribution in [0.5, 0.6) is 0 Å². The number of nitrogens with zero attached hydrogens (tertiary/aromatic N) is 3. The van der Waals surface area contributed by atoms with Crippen LogP contribution in [-0.2, 0) is 0 Å². The van der Waals surface area contributed by atoms with Gasteiger partial charge in [0.05, 0.1) is 22.8 Å². The van der Waals surface area contributed by atoms with Crippen LogP contribution in [0.4, 0.5) is 5.69 Å². The standard InChI is InChI=1S/C52H38N4/c1-4-14-35(15-5-1)39-30-40(36-16-6-2-7-17-36)32-41(31-39)47-28-29-53-52(54-47)56-49-23-13-11-21-44(49)46-34-38(25-27-51(46)56)37-24-26-50-45(33-37)43-20-10-12-22-48(43)55(50)42-18-8-3-9-19-42/h1-34,44,49,52-53H. The maximum Gasteiger partial charge on any atom is 0.197 e. The van der Waals surface area contributed by atoms with Crippen molar-refractivity contribution in [2.75, 3.05) is 4.90 Å². The fraction of sp³-hybridized carbons (Fsp3) is 0.0577. The Bertz CT molecular complexity index is 2840. The summed E-state index contributed by atoms with van der Waals surface area (Å²) in [5.41, 5.74) is 15.4. The Kier molecular flexibility index (Phi) is 7.66. The highest BCUT2D eigenvalue weighted by Gasteiger charge is 2.40. The lowest BCUT2D eigenvalue weighted by molar-refractivity contribution is 0.524. The Morgan fingerprint density at radius 3 is 1.88 bits per heavy atom. The van der Waals surface area contributed by atoms with E-state index in [9.17, 15) is 0 Å². The molecule has 4 nitrogen and oxygen atoms in total. The number of benzene rings is 7. The second-order valence-corrected chi connectivity index (χ2v) is 14.8. The van der Waals surface area contributed by atoms with E-state index >= 15 is 0 Å². The van der Waals surface area contributed by atoms with Gasteiger partial charge in [-0.1, -0.05) is 133 Å². The van der Waals surface area contributed by atoms with Crippen molar-refractivity contribution in [3.8, 4) is 39.1 Å². The molecule has 3 atom stereocenters. The van der Waals surface area contributed by atoms with E-state index in [1.165, 1.54) is 72.1 Å². The molecule has 3 aliphatic rings. The van der Waals surface area contributed by atoms with Gasteiger partial charge in [-0.05, 0) is 106 Å². The van der Waals surface area contributed by atoms with Gasteiger partial charge in [0.25, 0.3) is 0 Å². The molecular weight excluding hydrogens is 681 g/mol. The zero-order valence-electron chi connectivity index (χ0n) is 30.7. The summed E-state index contributed by atoms with van der Waals surface area (Å²) in [7, 11) is 0. The summed E-state index contributed by atoms with van der Waals surface area (Å²) in [6, 6.07) is 61.6. The maximum absolute atomic E-state index is 5.45. The summed E-state index contributed by atoms with van der Waals surface area (Å²) < 4.78 is 2.37. The van der Waals surface area contributed by atoms with Crippen LogP contribution in [0.1, 0.15) is 17.0 Å². The van der Waals surface area contributed by atoms with Crippen molar-refractivity contribution in [1.82, 2.24) is 9.88 Å². The quantitative estimate of drug-likeness (QED) is 0.186. The van der Waals surface area contributed by atoms with Crippen LogP contribution in [-0.4, -0.2) is 22.6 Å². The van der Waals surface area contributed by atoms with Crippen LogP contribution in [0.3, 0.4) is 0 Å². The van der Waals surface area contributed by atoms with Gasteiger partial charge in [-0.15, -0.1) is 0 Å². The molecule has 266 valence electrons. The van der Waals surface area contributed by atoms with E-state index in [4.69, 9.17) is 4.99 Å². The first-order valence-electron chi connectivity index (χ1n) is 19.4. The van der Waals surface area contributed by atoms with Gasteiger partial charge in [0.2, 0.25) is 0 Å². The molecule has 0 radical (unpaired) electrons. The maximum atomic E-state index is 5.45. The molecule has 7 aromatic carbocycles. The number of nitrogens with one attached hydrogen (secondary N) is 1. The number of anilines is 1. The topological polar surface area (TPSA) is 32.6 Å². The Hall–Kier alpha value is -7.17. The predicted molar refractivity (Wildman–Crippen MR) is 233 cm³/mol. The van der Waals surface area contributed by atoms with Crippen LogP contribution >= 0.6 is 0 Å². The summed E-state index contributed by atoms with van der Waals surface area (Å²) in [5, 5.41) is 6.14. The summed E-state index contributed by atoms with van der Waals surface area (Å²) >= 11 is 0. The van der Waals surface area contributed by atoms with Crippen molar-refractivity contribution in [3.05, 3.63) is 218 Å². The second kappa shape index (κ2) is 13.3. The van der Waals surface area contributed by atoms with Gasteiger partial charge >= 0.3 is 0 Å². The SMILES string of the molecule is C1=CC2c3cc(-c4ccc5c(c4)c4ccccc4n5-c4ccccc4)ccc3N(C3N=C(c4cc(-c5ccccc5)cc(-c5ccccc5)c4)C=CN3)C2C=C1. The van der Waals surface area contributed by atoms with Crippen molar-refractivity contribution < 1.29 is 0 Å². The van der Waals surface area contributed by atoms with E-state index in [0.29, 0.717) is 0 Å². The number of rotatable bonds is 6. The number of allylic oxidation sites excluding steroid dienone is 3. The molecule has 4 heteroatoms. The van der Waals surface area contributed by atoms with E-state index in [1.54, 1.807) is 0 Å². The molecule has 0 saturated carbocycles. The first-order valence-corrected chi connectivity index (χ1v) is 19.4. The summed E-state index contributed by atoms with van der Waals surface area (Å²) in [6.45, 7) is 0. The van der Waals surface area contributed by atoms with Gasteiger partial charge in [-0.2, -0.15) is 0 Å². The van der Waals surface area contributed by atoms with Crippen molar-refractivity contribution in [1.29, 1.82) is 0 Å². The van der Waals surface area contributed by atoms with E-state index in [1.807, 2.05) is 0 Å². The minimum absolute atomic E-state index is 0.140. The third-order valence-corrected chi connectivity index (χ3v) is 11.6. The molecule has 8 aromatic rings. The first-order chi connectivity index (χ1) is 27.8. The highest BCUT2D eigenvalue weighted by Crippen LogP contribution is 2.47. The normalized spacial score (nSPS) is 18.2. The van der Waals surface area contributed by atoms with Crippen LogP contribution in [0.15, 0.2) is 211 Å². The molecule has 2 aliphatic heterocycles. The molecule has 1 aromatic heterocycles. The molecule has 1 N–H and O–H groups in total. The first kappa shape index (κ1) is 32.3. The van der Waals surface area contributed by atoms with Crippen molar-refractivity contribution in [2.24, 2.45) is 4.99 Å². The fourth-order valence-corrected chi connectivity index (χ4v) is 8.96.